The van der Waals surface area contributed by atoms with Crippen LogP contribution in [-0.2, 0) is 63.5 Å². The first kappa shape index (κ1) is 90.2. The first-order valence-corrected chi connectivity index (χ1v) is 39.8. The molecule has 4 saturated carbocycles. The van der Waals surface area contributed by atoms with E-state index in [0.717, 1.165) is 64.3 Å². The van der Waals surface area contributed by atoms with Gasteiger partial charge in [-0.05, 0) is 117 Å². The van der Waals surface area contributed by atoms with Gasteiger partial charge in [-0.25, -0.2) is 21.8 Å². The van der Waals surface area contributed by atoms with E-state index in [2.05, 4.69) is 67.0 Å². The Labute approximate surface area is 607 Å². The summed E-state index contributed by atoms with van der Waals surface area (Å²) >= 11 is 1.38. The number of carbonyl (C=O) groups is 1. The Kier molecular flexibility index (Phi) is 35.4. The quantitative estimate of drug-likeness (QED) is 0.0161. The van der Waals surface area contributed by atoms with E-state index in [4.69, 9.17) is 9.68 Å². The van der Waals surface area contributed by atoms with Crippen LogP contribution in [-0.4, -0.2) is 179 Å². The highest BCUT2D eigenvalue weighted by Crippen LogP contribution is 2.69. The number of hydrogen-bond donors (Lipinski definition) is 1. The van der Waals surface area contributed by atoms with Gasteiger partial charge in [0.1, 0.15) is 51.3 Å². The molecule has 0 spiro atoms. The second kappa shape index (κ2) is 40.5. The number of rotatable bonds is 41. The van der Waals surface area contributed by atoms with Crippen LogP contribution in [0.2, 0.25) is 0 Å². The summed E-state index contributed by atoms with van der Waals surface area (Å²) in [5.41, 5.74) is -1.14. The molecule has 0 aromatic carbocycles. The summed E-state index contributed by atoms with van der Waals surface area (Å²) in [6.45, 7) is 15.6. The lowest BCUT2D eigenvalue weighted by atomic mass is 9.42. The van der Waals surface area contributed by atoms with Crippen molar-refractivity contribution in [3.8, 4) is 0 Å². The molecule has 0 saturated heterocycles. The number of nitrogens with one attached hydrogen (secondary N) is 1. The minimum Gasteiger partial charge on any atom is -0.748 e. The summed E-state index contributed by atoms with van der Waals surface area (Å²) in [7, 11) is -1.26. The highest BCUT2D eigenvalue weighted by atomic mass is 33.1. The SMILES string of the molecule is CC(C[N+](C)(C)CCCNC(=O)CC[C@@H](C)[C@H]1CCC2C3C(O[N+](=O)[O-])CC4C[C@H](C)CC[C@]4(C)C3CC(O[N+](=O)[O-])[C@@]21C)CS(=O)(=O)[O-].CC1C=CS(=O)(=O)C1.CCC(CO[N+](=O)[O-])(CO[N+](=O)[O-])CSSCC(CO[N+](=O)[O-])(CO[N+](=O)[O-])CO[N+](=O)[O-].CCC(O[N+](=O)[O-])c1scnc1C. The number of amides is 1. The van der Waals surface area contributed by atoms with Crippen molar-refractivity contribution in [1.29, 1.82) is 0 Å². The van der Waals surface area contributed by atoms with Crippen LogP contribution in [0.3, 0.4) is 0 Å². The van der Waals surface area contributed by atoms with E-state index in [-0.39, 0.29) is 76.6 Å². The van der Waals surface area contributed by atoms with Gasteiger partial charge in [0.25, 0.3) is 40.7 Å². The molecule has 1 aromatic heterocycles. The maximum Gasteiger partial charge on any atom is 0.295 e. The highest BCUT2D eigenvalue weighted by molar-refractivity contribution is 8.76. The number of thiazole rings is 1. The molecule has 590 valence electrons. The number of aryl methyl sites for hydroxylation is 1. The van der Waals surface area contributed by atoms with Crippen LogP contribution in [0.1, 0.15) is 149 Å². The lowest BCUT2D eigenvalue weighted by Crippen LogP contribution is -2.63. The number of carbonyl (C=O) groups excluding carboxylic acids is 1. The molecule has 1 amide bonds. The van der Waals surface area contributed by atoms with Crippen molar-refractivity contribution in [3.63, 3.8) is 0 Å². The van der Waals surface area contributed by atoms with Crippen LogP contribution in [0, 0.1) is 163 Å². The largest absolute Gasteiger partial charge is 0.748 e. The highest BCUT2D eigenvalue weighted by Gasteiger charge is 2.67. The summed E-state index contributed by atoms with van der Waals surface area (Å²) in [6.07, 6.45) is 8.16. The second-order valence-electron chi connectivity index (χ2n) is 28.5. The average molecular weight is 1580 g/mol. The molecule has 4 aliphatic carbocycles. The molecule has 14 atom stereocenters. The van der Waals surface area contributed by atoms with E-state index in [1.807, 2.05) is 34.9 Å². The Balaban J connectivity index is 0.000000433. The van der Waals surface area contributed by atoms with Gasteiger partial charge in [0.15, 0.2) is 9.84 Å². The number of fused-ring (bicyclic) bond motifs is 5. The van der Waals surface area contributed by atoms with Gasteiger partial charge in [0.05, 0.1) is 64.6 Å². The zero-order valence-corrected chi connectivity index (χ0v) is 63.5. The van der Waals surface area contributed by atoms with Gasteiger partial charge >= 0.3 is 0 Å². The molecule has 2 heterocycles. The van der Waals surface area contributed by atoms with Crippen LogP contribution in [0.15, 0.2) is 17.0 Å². The first-order chi connectivity index (χ1) is 47.8. The minimum absolute atomic E-state index is 0.0260. The second-order valence-corrected chi connectivity index (χ2v) is 35.2. The van der Waals surface area contributed by atoms with E-state index in [9.17, 15) is 107 Å². The van der Waals surface area contributed by atoms with Gasteiger partial charge in [0.2, 0.25) is 5.91 Å². The molecular formula is C57H97N11O30S5. The van der Waals surface area contributed by atoms with E-state index < -0.39 is 134 Å². The number of aromatic nitrogens is 1. The van der Waals surface area contributed by atoms with E-state index in [1.165, 1.54) is 16.7 Å². The van der Waals surface area contributed by atoms with Crippen LogP contribution in [0.4, 0.5) is 0 Å². The summed E-state index contributed by atoms with van der Waals surface area (Å²) < 4.78 is 54.9. The maximum atomic E-state index is 12.9. The normalized spacial score (nSPS) is 25.4. The number of sulfone groups is 1. The summed E-state index contributed by atoms with van der Waals surface area (Å²) in [4.78, 5) is 141. The van der Waals surface area contributed by atoms with Gasteiger partial charge in [-0.15, -0.1) is 92.3 Å². The van der Waals surface area contributed by atoms with Gasteiger partial charge in [-0.1, -0.05) is 89.5 Å². The monoisotopic (exact) mass is 1580 g/mol. The predicted molar refractivity (Wildman–Crippen MR) is 365 cm³/mol. The Hall–Kier alpha value is -7.04. The molecule has 0 bridgehead atoms. The van der Waals surface area contributed by atoms with Gasteiger partial charge in [0, 0.05) is 58.8 Å². The first-order valence-electron chi connectivity index (χ1n) is 33.1. The fourth-order valence-corrected chi connectivity index (χ4v) is 21.7. The molecule has 4 fully saturated rings. The molecule has 103 heavy (non-hydrogen) atoms. The van der Waals surface area contributed by atoms with Crippen LogP contribution in [0.25, 0.3) is 0 Å². The number of hydrogen-bond acceptors (Lipinski definition) is 34. The van der Waals surface area contributed by atoms with Crippen molar-refractivity contribution in [2.45, 2.75) is 158 Å². The lowest BCUT2D eigenvalue weighted by molar-refractivity contribution is -0.893. The Morgan fingerprint density at radius 1 is 0.767 bits per heavy atom. The van der Waals surface area contributed by atoms with E-state index >= 15 is 0 Å². The lowest BCUT2D eigenvalue weighted by Gasteiger charge is -2.64. The molecule has 0 radical (unpaired) electrons. The molecule has 9 unspecified atom stereocenters. The van der Waals surface area contributed by atoms with E-state index in [0.29, 0.717) is 74.3 Å². The number of quaternary nitrogens is 1. The molecule has 6 rings (SSSR count). The van der Waals surface area contributed by atoms with Crippen molar-refractivity contribution >= 4 is 58.8 Å². The minimum atomic E-state index is -4.28. The summed E-state index contributed by atoms with van der Waals surface area (Å²) in [6, 6.07) is 0. The van der Waals surface area contributed by atoms with Gasteiger partial charge < -0.3 is 53.1 Å². The topological polar surface area (TPSA) is 552 Å². The standard InChI is InChI=1S/C34H60N4O10S.C11H19N5O15S2.C7H10N2O3S.C5H8O2S/c1-22-13-14-33(4)25(17-22)18-29(47-36(40)41)32-27-11-10-26(34(27,5)30(19-28(32)33)48-37(42)43)24(3)9-12-31(39)35-15-8-16-38(6,7)20-23(2)21-49(44,45)46;1-2-10(3-27-12(17)18,4-28-13(19)20)8-32-33-9-11(5-29-14(21)22,6-30-15(23)24)7-31-16(25)26;1-3-6(12-9(10)11)7-5(2)8-4-13-7;1-5-2-3-8(6,7)4-5/h22-30,32H,8-21H2,1-7H3,(H-,35,39,44,45,46);2-9H2,1H3;4,6H,3H2,1-2H3;2-3,5H,4H2,1H3/t22-,23?,24-,25?,26-,27?,28?,29?,30?,32?,33+,34-;;;/m1.../s1. The average Bonchev–Trinajstić information content (AvgIpc) is 1.67. The Morgan fingerprint density at radius 2 is 1.30 bits per heavy atom. The van der Waals surface area contributed by atoms with Crippen molar-refractivity contribution in [3.05, 3.63) is 108 Å². The van der Waals surface area contributed by atoms with Crippen LogP contribution in [0.5, 0.6) is 0 Å². The predicted octanol–water partition coefficient (Wildman–Crippen LogP) is 8.30. The van der Waals surface area contributed by atoms with Crippen LogP contribution >= 0.6 is 32.9 Å². The molecule has 5 aliphatic rings. The summed E-state index contributed by atoms with van der Waals surface area (Å²) in [5.74, 6) is 0.287. The number of allylic oxidation sites excluding steroid dienone is 1. The molecule has 41 nitrogen and oxygen atoms in total. The summed E-state index contributed by atoms with van der Waals surface area (Å²) in [5, 5.41) is 83.0. The van der Waals surface area contributed by atoms with Crippen LogP contribution < -0.4 is 5.32 Å². The Morgan fingerprint density at radius 3 is 1.74 bits per heavy atom. The van der Waals surface area contributed by atoms with Gasteiger partial charge in [-0.3, -0.25) is 4.79 Å². The fraction of sp³-hybridized carbons (Fsp3) is 0.895. The Bertz CT molecular complexity index is 3210. The van der Waals surface area contributed by atoms with Crippen molar-refractivity contribution in [1.82, 2.24) is 10.3 Å². The maximum absolute atomic E-state index is 12.9. The smallest absolute Gasteiger partial charge is 0.295 e. The van der Waals surface area contributed by atoms with Gasteiger partial charge in [-0.2, -0.15) is 0 Å². The third-order valence-corrected chi connectivity index (χ3v) is 26.7. The zero-order chi connectivity index (χ0) is 78.1. The van der Waals surface area contributed by atoms with E-state index in [1.54, 1.807) is 25.4 Å². The molecule has 46 heteroatoms. The van der Waals surface area contributed by atoms with Crippen molar-refractivity contribution in [2.75, 3.05) is 89.8 Å². The molecular weight excluding hydrogens is 1480 g/mol. The third-order valence-electron chi connectivity index (χ3n) is 20.3. The fourth-order valence-electron chi connectivity index (χ4n) is 15.2. The molecule has 1 aromatic rings. The third kappa shape index (κ3) is 29.8. The van der Waals surface area contributed by atoms with Crippen molar-refractivity contribution in [2.24, 2.45) is 74.9 Å². The molecule has 1 N–H and O–H groups in total. The zero-order valence-electron chi connectivity index (χ0n) is 59.4. The van der Waals surface area contributed by atoms with Crippen molar-refractivity contribution < 1.29 is 110 Å². The molecule has 1 aliphatic heterocycles. The number of nitrogens with zero attached hydrogens (tertiary/aromatic N) is 10.